The topological polar surface area (TPSA) is 58.6 Å². The van der Waals surface area contributed by atoms with Crippen LogP contribution in [0.1, 0.15) is 33.0 Å². The molecular formula is C25H27FN4O2. The molecule has 166 valence electrons. The summed E-state index contributed by atoms with van der Waals surface area (Å²) in [6, 6.07) is 13.9. The summed E-state index contributed by atoms with van der Waals surface area (Å²) in [5.41, 5.74) is 3.34. The summed E-state index contributed by atoms with van der Waals surface area (Å²) in [5, 5.41) is 0. The van der Waals surface area contributed by atoms with E-state index in [1.807, 2.05) is 36.9 Å². The average molecular weight is 435 g/mol. The number of halogens is 1. The minimum atomic E-state index is -0.252. The number of aromatic nitrogens is 2. The van der Waals surface area contributed by atoms with Crippen LogP contribution < -0.4 is 9.64 Å². The molecule has 1 aromatic heterocycles. The quantitative estimate of drug-likeness (QED) is 0.612. The Morgan fingerprint density at radius 1 is 1.03 bits per heavy atom. The van der Waals surface area contributed by atoms with E-state index in [1.165, 1.54) is 6.07 Å². The van der Waals surface area contributed by atoms with Crippen molar-refractivity contribution in [2.45, 2.75) is 20.3 Å². The second-order valence-corrected chi connectivity index (χ2v) is 7.94. The second kappa shape index (κ2) is 9.34. The number of benzene rings is 2. The second-order valence-electron chi connectivity index (χ2n) is 7.94. The fraction of sp³-hybridized carbons (Fsp3) is 0.320. The third kappa shape index (κ3) is 4.56. The largest absolute Gasteiger partial charge is 0.496 e. The summed E-state index contributed by atoms with van der Waals surface area (Å²) in [4.78, 5) is 26.4. The number of para-hydroxylation sites is 1. The van der Waals surface area contributed by atoms with Crippen LogP contribution in [0.2, 0.25) is 0 Å². The third-order valence-corrected chi connectivity index (χ3v) is 5.78. The van der Waals surface area contributed by atoms with Crippen molar-refractivity contribution in [1.82, 2.24) is 14.9 Å². The van der Waals surface area contributed by atoms with Crippen molar-refractivity contribution in [2.24, 2.45) is 0 Å². The van der Waals surface area contributed by atoms with E-state index in [0.29, 0.717) is 49.7 Å². The van der Waals surface area contributed by atoms with Crippen molar-refractivity contribution in [3.05, 3.63) is 82.6 Å². The van der Waals surface area contributed by atoms with Gasteiger partial charge in [0.2, 0.25) is 0 Å². The highest BCUT2D eigenvalue weighted by molar-refractivity contribution is 5.97. The molecule has 0 atom stereocenters. The van der Waals surface area contributed by atoms with Crippen LogP contribution in [0.25, 0.3) is 0 Å². The number of hydrogen-bond donors (Lipinski definition) is 0. The van der Waals surface area contributed by atoms with E-state index in [2.05, 4.69) is 9.88 Å². The Morgan fingerprint density at radius 3 is 2.50 bits per heavy atom. The third-order valence-electron chi connectivity index (χ3n) is 5.78. The van der Waals surface area contributed by atoms with Crippen LogP contribution in [-0.4, -0.2) is 54.1 Å². The number of anilines is 1. The summed E-state index contributed by atoms with van der Waals surface area (Å²) in [5.74, 6) is 1.87. The summed E-state index contributed by atoms with van der Waals surface area (Å²) in [7, 11) is 1.57. The first-order valence-corrected chi connectivity index (χ1v) is 10.7. The fourth-order valence-electron chi connectivity index (χ4n) is 4.15. The van der Waals surface area contributed by atoms with Gasteiger partial charge >= 0.3 is 0 Å². The molecule has 0 saturated carbocycles. The maximum absolute atomic E-state index is 13.7. The van der Waals surface area contributed by atoms with Gasteiger partial charge < -0.3 is 14.5 Å². The molecule has 4 rings (SSSR count). The van der Waals surface area contributed by atoms with E-state index in [-0.39, 0.29) is 11.7 Å². The zero-order chi connectivity index (χ0) is 22.7. The van der Waals surface area contributed by atoms with Crippen molar-refractivity contribution >= 4 is 11.7 Å². The van der Waals surface area contributed by atoms with Crippen molar-refractivity contribution in [3.63, 3.8) is 0 Å². The normalized spacial score (nSPS) is 13.9. The lowest BCUT2D eigenvalue weighted by Gasteiger charge is -2.36. The first kappa shape index (κ1) is 21.7. The smallest absolute Gasteiger partial charge is 0.257 e. The summed E-state index contributed by atoms with van der Waals surface area (Å²) in [6.45, 7) is 6.33. The van der Waals surface area contributed by atoms with E-state index < -0.39 is 0 Å². The number of rotatable bonds is 5. The number of methoxy groups -OCH3 is 1. The predicted octanol–water partition coefficient (Wildman–Crippen LogP) is 3.79. The fourth-order valence-corrected chi connectivity index (χ4v) is 4.15. The number of amides is 1. The SMILES string of the molecule is COc1ccccc1C(=O)N1CCN(c2nc(C)nc(C)c2Cc2cccc(F)c2)CC1. The van der Waals surface area contributed by atoms with Gasteiger partial charge in [0, 0.05) is 43.9 Å². The van der Waals surface area contributed by atoms with Gasteiger partial charge in [-0.25, -0.2) is 14.4 Å². The molecule has 0 aliphatic carbocycles. The molecule has 1 aliphatic heterocycles. The minimum Gasteiger partial charge on any atom is -0.496 e. The van der Waals surface area contributed by atoms with Gasteiger partial charge in [-0.2, -0.15) is 0 Å². The minimum absolute atomic E-state index is 0.0304. The van der Waals surface area contributed by atoms with Crippen LogP contribution in [0.5, 0.6) is 5.75 Å². The number of piperazine rings is 1. The molecule has 1 aliphatic rings. The lowest BCUT2D eigenvalue weighted by atomic mass is 10.0. The molecule has 6 nitrogen and oxygen atoms in total. The lowest BCUT2D eigenvalue weighted by Crippen LogP contribution is -2.49. The molecule has 0 bridgehead atoms. The van der Waals surface area contributed by atoms with Crippen molar-refractivity contribution in [2.75, 3.05) is 38.2 Å². The lowest BCUT2D eigenvalue weighted by molar-refractivity contribution is 0.0743. The van der Waals surface area contributed by atoms with Crippen LogP contribution in [0.15, 0.2) is 48.5 Å². The van der Waals surface area contributed by atoms with E-state index >= 15 is 0 Å². The summed E-state index contributed by atoms with van der Waals surface area (Å²) in [6.07, 6.45) is 0.555. The molecule has 32 heavy (non-hydrogen) atoms. The Bertz CT molecular complexity index is 1130. The van der Waals surface area contributed by atoms with Gasteiger partial charge in [0.15, 0.2) is 0 Å². The number of ether oxygens (including phenoxy) is 1. The molecule has 0 N–H and O–H groups in total. The molecule has 0 unspecified atom stereocenters. The van der Waals surface area contributed by atoms with Gasteiger partial charge in [-0.05, 0) is 43.7 Å². The predicted molar refractivity (Wildman–Crippen MR) is 122 cm³/mol. The summed E-state index contributed by atoms with van der Waals surface area (Å²) >= 11 is 0. The van der Waals surface area contributed by atoms with Gasteiger partial charge in [-0.3, -0.25) is 4.79 Å². The van der Waals surface area contributed by atoms with Crippen molar-refractivity contribution < 1.29 is 13.9 Å². The van der Waals surface area contributed by atoms with E-state index in [9.17, 15) is 9.18 Å². The monoisotopic (exact) mass is 434 g/mol. The maximum Gasteiger partial charge on any atom is 0.257 e. The number of nitrogens with zero attached hydrogens (tertiary/aromatic N) is 4. The van der Waals surface area contributed by atoms with Crippen LogP contribution in [-0.2, 0) is 6.42 Å². The van der Waals surface area contributed by atoms with Gasteiger partial charge in [0.05, 0.1) is 12.7 Å². The molecular weight excluding hydrogens is 407 g/mol. The molecule has 2 heterocycles. The highest BCUT2D eigenvalue weighted by Crippen LogP contribution is 2.26. The van der Waals surface area contributed by atoms with Crippen LogP contribution in [0.4, 0.5) is 10.2 Å². The first-order chi connectivity index (χ1) is 15.5. The highest BCUT2D eigenvalue weighted by atomic mass is 19.1. The number of hydrogen-bond acceptors (Lipinski definition) is 5. The molecule has 7 heteroatoms. The van der Waals surface area contributed by atoms with Gasteiger partial charge in [-0.1, -0.05) is 24.3 Å². The van der Waals surface area contributed by atoms with Gasteiger partial charge in [0.1, 0.15) is 23.2 Å². The Labute approximate surface area is 187 Å². The highest BCUT2D eigenvalue weighted by Gasteiger charge is 2.26. The van der Waals surface area contributed by atoms with Crippen LogP contribution in [0.3, 0.4) is 0 Å². The van der Waals surface area contributed by atoms with Gasteiger partial charge in [0.25, 0.3) is 5.91 Å². The zero-order valence-corrected chi connectivity index (χ0v) is 18.6. The number of aryl methyl sites for hydroxylation is 2. The number of carbonyl (C=O) groups excluding carboxylic acids is 1. The molecule has 0 spiro atoms. The van der Waals surface area contributed by atoms with E-state index in [1.54, 1.807) is 31.4 Å². The van der Waals surface area contributed by atoms with Crippen LogP contribution in [0, 0.1) is 19.7 Å². The molecule has 3 aromatic rings. The molecule has 2 aromatic carbocycles. The van der Waals surface area contributed by atoms with Crippen molar-refractivity contribution in [3.8, 4) is 5.75 Å². The molecule has 0 radical (unpaired) electrons. The first-order valence-electron chi connectivity index (χ1n) is 10.7. The molecule has 1 saturated heterocycles. The molecule has 1 amide bonds. The van der Waals surface area contributed by atoms with E-state index in [4.69, 9.17) is 9.72 Å². The van der Waals surface area contributed by atoms with Gasteiger partial charge in [-0.15, -0.1) is 0 Å². The molecule has 1 fully saturated rings. The Hall–Kier alpha value is -3.48. The maximum atomic E-state index is 13.7. The number of carbonyl (C=O) groups is 1. The Morgan fingerprint density at radius 2 is 1.78 bits per heavy atom. The van der Waals surface area contributed by atoms with Crippen molar-refractivity contribution in [1.29, 1.82) is 0 Å². The van der Waals surface area contributed by atoms with Crippen LogP contribution >= 0.6 is 0 Å². The standard InChI is InChI=1S/C25H27FN4O2/c1-17-22(16-19-7-6-8-20(26)15-19)24(28-18(2)27-17)29-11-13-30(14-12-29)25(31)21-9-4-5-10-23(21)32-3/h4-10,15H,11-14,16H2,1-3H3. The Balaban J connectivity index is 1.54. The summed E-state index contributed by atoms with van der Waals surface area (Å²) < 4.78 is 19.1. The van der Waals surface area contributed by atoms with E-state index in [0.717, 1.165) is 22.6 Å². The Kier molecular flexibility index (Phi) is 6.35. The average Bonchev–Trinajstić information content (AvgIpc) is 2.80. The zero-order valence-electron chi connectivity index (χ0n) is 18.6.